The van der Waals surface area contributed by atoms with Crippen LogP contribution in [-0.4, -0.2) is 36.8 Å². The number of ether oxygens (including phenoxy) is 1. The van der Waals surface area contributed by atoms with Crippen LogP contribution in [-0.2, 0) is 6.42 Å². The third kappa shape index (κ3) is 3.11. The molecule has 6 heteroatoms. The number of rotatable bonds is 3. The SMILES string of the molecule is CC1NNC(C)C1NC(=O)NCC1Cc2ccccc2O1. The average molecular weight is 290 g/mol. The van der Waals surface area contributed by atoms with Gasteiger partial charge in [0.15, 0.2) is 0 Å². The van der Waals surface area contributed by atoms with Crippen LogP contribution in [0.2, 0.25) is 0 Å². The Morgan fingerprint density at radius 1 is 1.29 bits per heavy atom. The first-order chi connectivity index (χ1) is 10.1. The van der Waals surface area contributed by atoms with Gasteiger partial charge in [-0.2, -0.15) is 0 Å². The highest BCUT2D eigenvalue weighted by Crippen LogP contribution is 2.27. The number of nitrogens with one attached hydrogen (secondary N) is 4. The Balaban J connectivity index is 1.45. The zero-order valence-corrected chi connectivity index (χ0v) is 12.3. The summed E-state index contributed by atoms with van der Waals surface area (Å²) >= 11 is 0. The van der Waals surface area contributed by atoms with Crippen LogP contribution in [0, 0.1) is 0 Å². The van der Waals surface area contributed by atoms with Gasteiger partial charge in [-0.05, 0) is 25.5 Å². The lowest BCUT2D eigenvalue weighted by Crippen LogP contribution is -2.51. The molecule has 3 atom stereocenters. The number of urea groups is 1. The number of fused-ring (bicyclic) bond motifs is 1. The molecule has 0 saturated carbocycles. The van der Waals surface area contributed by atoms with Gasteiger partial charge in [0.05, 0.1) is 12.6 Å². The molecule has 3 rings (SSSR count). The molecule has 0 radical (unpaired) electrons. The molecule has 1 fully saturated rings. The molecule has 21 heavy (non-hydrogen) atoms. The quantitative estimate of drug-likeness (QED) is 0.656. The summed E-state index contributed by atoms with van der Waals surface area (Å²) in [6, 6.07) is 8.34. The molecule has 2 aliphatic rings. The van der Waals surface area contributed by atoms with Crippen molar-refractivity contribution in [1.82, 2.24) is 21.5 Å². The molecule has 1 saturated heterocycles. The van der Waals surface area contributed by atoms with E-state index in [0.29, 0.717) is 6.54 Å². The van der Waals surface area contributed by atoms with Crippen LogP contribution in [0.5, 0.6) is 5.75 Å². The highest BCUT2D eigenvalue weighted by atomic mass is 16.5. The van der Waals surface area contributed by atoms with Gasteiger partial charge in [-0.3, -0.25) is 10.9 Å². The van der Waals surface area contributed by atoms with Crippen molar-refractivity contribution in [3.05, 3.63) is 29.8 Å². The van der Waals surface area contributed by atoms with Crippen molar-refractivity contribution in [2.45, 2.75) is 44.5 Å². The van der Waals surface area contributed by atoms with E-state index in [1.54, 1.807) is 0 Å². The van der Waals surface area contributed by atoms with Crippen LogP contribution in [0.3, 0.4) is 0 Å². The van der Waals surface area contributed by atoms with Crippen molar-refractivity contribution in [1.29, 1.82) is 0 Å². The second-order valence-corrected chi connectivity index (χ2v) is 5.80. The van der Waals surface area contributed by atoms with Gasteiger partial charge in [0.2, 0.25) is 0 Å². The molecule has 3 unspecified atom stereocenters. The third-order valence-electron chi connectivity index (χ3n) is 4.12. The van der Waals surface area contributed by atoms with Crippen LogP contribution in [0.15, 0.2) is 24.3 Å². The standard InChI is InChI=1S/C15H22N4O2/c1-9-14(10(2)19-18-9)17-15(20)16-8-12-7-11-5-3-4-6-13(11)21-12/h3-6,9-10,12,14,18-19H,7-8H2,1-2H3,(H2,16,17,20). The third-order valence-corrected chi connectivity index (χ3v) is 4.12. The number of benzene rings is 1. The van der Waals surface area contributed by atoms with Crippen molar-refractivity contribution >= 4 is 6.03 Å². The van der Waals surface area contributed by atoms with E-state index in [-0.39, 0.29) is 30.3 Å². The molecule has 0 aliphatic carbocycles. The average Bonchev–Trinajstić information content (AvgIpc) is 3.03. The molecule has 1 aromatic carbocycles. The Hall–Kier alpha value is -1.79. The van der Waals surface area contributed by atoms with E-state index in [2.05, 4.69) is 27.6 Å². The highest BCUT2D eigenvalue weighted by molar-refractivity contribution is 5.74. The van der Waals surface area contributed by atoms with Crippen LogP contribution in [0.1, 0.15) is 19.4 Å². The number of para-hydroxylation sites is 1. The van der Waals surface area contributed by atoms with Gasteiger partial charge in [-0.25, -0.2) is 4.79 Å². The second-order valence-electron chi connectivity index (χ2n) is 5.80. The van der Waals surface area contributed by atoms with Gasteiger partial charge < -0.3 is 15.4 Å². The first-order valence-corrected chi connectivity index (χ1v) is 7.43. The summed E-state index contributed by atoms with van der Waals surface area (Å²) in [4.78, 5) is 12.0. The molecule has 2 amide bonds. The number of carbonyl (C=O) groups is 1. The molecule has 4 N–H and O–H groups in total. The summed E-state index contributed by atoms with van der Waals surface area (Å²) in [7, 11) is 0. The van der Waals surface area contributed by atoms with E-state index in [1.807, 2.05) is 32.0 Å². The highest BCUT2D eigenvalue weighted by Gasteiger charge is 2.31. The number of hydrazine groups is 1. The van der Waals surface area contributed by atoms with Gasteiger partial charge in [0, 0.05) is 18.5 Å². The Bertz CT molecular complexity index is 487. The number of hydrogen-bond acceptors (Lipinski definition) is 4. The Morgan fingerprint density at radius 3 is 2.71 bits per heavy atom. The summed E-state index contributed by atoms with van der Waals surface area (Å²) in [6.45, 7) is 4.59. The van der Waals surface area contributed by atoms with Crippen LogP contribution in [0.4, 0.5) is 4.79 Å². The first-order valence-electron chi connectivity index (χ1n) is 7.43. The maximum absolute atomic E-state index is 12.0. The first kappa shape index (κ1) is 14.2. The van der Waals surface area contributed by atoms with Crippen molar-refractivity contribution in [2.75, 3.05) is 6.54 Å². The topological polar surface area (TPSA) is 74.4 Å². The van der Waals surface area contributed by atoms with Crippen molar-refractivity contribution in [3.8, 4) is 5.75 Å². The minimum Gasteiger partial charge on any atom is -0.488 e. The van der Waals surface area contributed by atoms with E-state index in [9.17, 15) is 4.79 Å². The Morgan fingerprint density at radius 2 is 2.00 bits per heavy atom. The summed E-state index contributed by atoms with van der Waals surface area (Å²) in [5.41, 5.74) is 7.44. The maximum Gasteiger partial charge on any atom is 0.315 e. The van der Waals surface area contributed by atoms with E-state index in [1.165, 1.54) is 5.56 Å². The van der Waals surface area contributed by atoms with Gasteiger partial charge in [-0.1, -0.05) is 18.2 Å². The van der Waals surface area contributed by atoms with Crippen molar-refractivity contribution in [2.24, 2.45) is 0 Å². The predicted molar refractivity (Wildman–Crippen MR) is 80.1 cm³/mol. The molecule has 114 valence electrons. The van der Waals surface area contributed by atoms with E-state index >= 15 is 0 Å². The van der Waals surface area contributed by atoms with E-state index in [0.717, 1.165) is 12.2 Å². The molecule has 6 nitrogen and oxygen atoms in total. The fourth-order valence-corrected chi connectivity index (χ4v) is 2.90. The molecule has 0 spiro atoms. The van der Waals surface area contributed by atoms with Crippen LogP contribution < -0.4 is 26.2 Å². The van der Waals surface area contributed by atoms with Crippen LogP contribution in [0.25, 0.3) is 0 Å². The molecular formula is C15H22N4O2. The number of hydrogen-bond donors (Lipinski definition) is 4. The van der Waals surface area contributed by atoms with Crippen LogP contribution >= 0.6 is 0 Å². The lowest BCUT2D eigenvalue weighted by atomic mass is 10.1. The fraction of sp³-hybridized carbons (Fsp3) is 0.533. The van der Waals surface area contributed by atoms with E-state index < -0.39 is 0 Å². The largest absolute Gasteiger partial charge is 0.488 e. The normalized spacial score (nSPS) is 30.6. The zero-order chi connectivity index (χ0) is 14.8. The smallest absolute Gasteiger partial charge is 0.315 e. The van der Waals surface area contributed by atoms with Gasteiger partial charge in [0.1, 0.15) is 11.9 Å². The monoisotopic (exact) mass is 290 g/mol. The van der Waals surface area contributed by atoms with Gasteiger partial charge in [-0.15, -0.1) is 0 Å². The minimum atomic E-state index is -0.149. The molecule has 2 heterocycles. The Kier molecular flexibility index (Phi) is 3.98. The fourth-order valence-electron chi connectivity index (χ4n) is 2.90. The Labute approximate surface area is 124 Å². The summed E-state index contributed by atoms with van der Waals surface area (Å²) in [6.07, 6.45) is 0.860. The van der Waals surface area contributed by atoms with Gasteiger partial charge >= 0.3 is 6.03 Å². The zero-order valence-electron chi connectivity index (χ0n) is 12.3. The second kappa shape index (κ2) is 5.91. The molecule has 0 aromatic heterocycles. The molecule has 0 bridgehead atoms. The molecule has 2 aliphatic heterocycles. The lowest BCUT2D eigenvalue weighted by Gasteiger charge is -2.20. The lowest BCUT2D eigenvalue weighted by molar-refractivity contribution is 0.211. The number of amides is 2. The maximum atomic E-state index is 12.0. The van der Waals surface area contributed by atoms with Gasteiger partial charge in [0.25, 0.3) is 0 Å². The summed E-state index contributed by atoms with van der Waals surface area (Å²) in [5.74, 6) is 0.927. The summed E-state index contributed by atoms with van der Waals surface area (Å²) in [5, 5.41) is 5.89. The molecular weight excluding hydrogens is 268 g/mol. The predicted octanol–water partition coefficient (Wildman–Crippen LogP) is 0.543. The summed E-state index contributed by atoms with van der Waals surface area (Å²) < 4.78 is 5.80. The number of carbonyl (C=O) groups excluding carboxylic acids is 1. The minimum absolute atomic E-state index is 0.0165. The van der Waals surface area contributed by atoms with Crippen molar-refractivity contribution in [3.63, 3.8) is 0 Å². The van der Waals surface area contributed by atoms with Crippen molar-refractivity contribution < 1.29 is 9.53 Å². The van der Waals surface area contributed by atoms with E-state index in [4.69, 9.17) is 4.74 Å². The molecule has 1 aromatic rings.